The summed E-state index contributed by atoms with van der Waals surface area (Å²) in [5.41, 5.74) is -0.951. The molecule has 0 aromatic rings. The van der Waals surface area contributed by atoms with Crippen molar-refractivity contribution in [3.8, 4) is 0 Å². The average Bonchev–Trinajstić information content (AvgIpc) is 2.45. The van der Waals surface area contributed by atoms with E-state index in [2.05, 4.69) is 0 Å². The Bertz CT molecular complexity index is 236. The van der Waals surface area contributed by atoms with E-state index in [4.69, 9.17) is 14.2 Å². The number of ether oxygens (including phenoxy) is 3. The van der Waals surface area contributed by atoms with E-state index in [0.29, 0.717) is 0 Å². The van der Waals surface area contributed by atoms with Crippen molar-refractivity contribution in [2.45, 2.75) is 64.0 Å². The van der Waals surface area contributed by atoms with Gasteiger partial charge in [0.25, 0.3) is 0 Å². The van der Waals surface area contributed by atoms with Gasteiger partial charge in [0.2, 0.25) is 0 Å². The molecule has 0 aromatic heterocycles. The van der Waals surface area contributed by atoms with Crippen LogP contribution in [0.1, 0.15) is 34.1 Å². The van der Waals surface area contributed by atoms with Gasteiger partial charge < -0.3 is 19.3 Å². The zero-order valence-electron chi connectivity index (χ0n) is 9.11. The molecule has 0 amide bonds. The molecule has 2 aliphatic rings. The van der Waals surface area contributed by atoms with E-state index < -0.39 is 17.7 Å². The molecule has 2 saturated heterocycles. The van der Waals surface area contributed by atoms with Gasteiger partial charge in [0.1, 0.15) is 11.7 Å². The Morgan fingerprint density at radius 1 is 1.21 bits per heavy atom. The van der Waals surface area contributed by atoms with Crippen molar-refractivity contribution in [3.05, 3.63) is 0 Å². The molecule has 4 nitrogen and oxygen atoms in total. The summed E-state index contributed by atoms with van der Waals surface area (Å²) in [5, 5.41) is 10.2. The maximum Gasteiger partial charge on any atom is 0.190 e. The third kappa shape index (κ3) is 1.37. The maximum absolute atomic E-state index is 10.2. The summed E-state index contributed by atoms with van der Waals surface area (Å²) in [5.74, 6) is -0.655. The molecule has 14 heavy (non-hydrogen) atoms. The fraction of sp³-hybridized carbons (Fsp3) is 1.00. The van der Waals surface area contributed by atoms with Crippen LogP contribution in [0.25, 0.3) is 0 Å². The molecule has 1 N–H and O–H groups in total. The molecule has 2 rings (SSSR count). The molecule has 2 aliphatic heterocycles. The lowest BCUT2D eigenvalue weighted by Gasteiger charge is -2.29. The third-order valence-corrected chi connectivity index (χ3v) is 2.96. The van der Waals surface area contributed by atoms with Crippen molar-refractivity contribution >= 4 is 0 Å². The van der Waals surface area contributed by atoms with Gasteiger partial charge in [0, 0.05) is 0 Å². The van der Waals surface area contributed by atoms with E-state index in [1.807, 2.05) is 20.8 Å². The Morgan fingerprint density at radius 3 is 2.36 bits per heavy atom. The van der Waals surface area contributed by atoms with Gasteiger partial charge in [0.15, 0.2) is 12.1 Å². The molecule has 0 spiro atoms. The van der Waals surface area contributed by atoms with Crippen LogP contribution in [0, 0.1) is 0 Å². The number of hydrogen-bond acceptors (Lipinski definition) is 4. The predicted octanol–water partition coefficient (Wildman–Crippen LogP) is 1.02. The Morgan fingerprint density at radius 2 is 1.86 bits per heavy atom. The fourth-order valence-electron chi connectivity index (χ4n) is 2.22. The van der Waals surface area contributed by atoms with E-state index >= 15 is 0 Å². The van der Waals surface area contributed by atoms with E-state index in [0.717, 1.165) is 6.42 Å². The summed E-state index contributed by atoms with van der Waals surface area (Å²) < 4.78 is 16.7. The van der Waals surface area contributed by atoms with Crippen LogP contribution in [0.2, 0.25) is 0 Å². The first kappa shape index (κ1) is 10.4. The first-order valence-corrected chi connectivity index (χ1v) is 5.10. The highest BCUT2D eigenvalue weighted by Crippen LogP contribution is 2.43. The fourth-order valence-corrected chi connectivity index (χ4v) is 2.22. The normalized spacial score (nSPS) is 50.8. The van der Waals surface area contributed by atoms with Gasteiger partial charge in [-0.05, 0) is 27.2 Å². The molecule has 2 fully saturated rings. The zero-order valence-corrected chi connectivity index (χ0v) is 9.11. The van der Waals surface area contributed by atoms with Gasteiger partial charge in [-0.3, -0.25) is 0 Å². The minimum absolute atomic E-state index is 0.200. The molecular formula is C10H18O4. The Hall–Kier alpha value is -0.160. The SMILES string of the molecule is CC[C@H]1O[C@@H]2OC(C)(C)O[C@@H]2[C@]1(C)O. The lowest BCUT2D eigenvalue weighted by atomic mass is 9.93. The van der Waals surface area contributed by atoms with Gasteiger partial charge in [-0.2, -0.15) is 0 Å². The number of rotatable bonds is 1. The monoisotopic (exact) mass is 202 g/mol. The molecule has 4 heteroatoms. The van der Waals surface area contributed by atoms with Gasteiger partial charge in [-0.1, -0.05) is 6.92 Å². The van der Waals surface area contributed by atoms with Crippen LogP contribution in [0.4, 0.5) is 0 Å². The van der Waals surface area contributed by atoms with Crippen LogP contribution < -0.4 is 0 Å². The van der Waals surface area contributed by atoms with Crippen LogP contribution in [0.15, 0.2) is 0 Å². The number of hydrogen-bond donors (Lipinski definition) is 1. The van der Waals surface area contributed by atoms with Crippen molar-refractivity contribution in [1.82, 2.24) is 0 Å². The second-order valence-electron chi connectivity index (χ2n) is 4.68. The van der Waals surface area contributed by atoms with Gasteiger partial charge in [-0.25, -0.2) is 0 Å². The first-order valence-electron chi connectivity index (χ1n) is 5.10. The summed E-state index contributed by atoms with van der Waals surface area (Å²) in [7, 11) is 0. The summed E-state index contributed by atoms with van der Waals surface area (Å²) in [6.07, 6.45) is -0.242. The molecule has 82 valence electrons. The van der Waals surface area contributed by atoms with Crippen LogP contribution in [0.5, 0.6) is 0 Å². The van der Waals surface area contributed by atoms with Gasteiger partial charge in [0.05, 0.1) is 6.10 Å². The summed E-state index contributed by atoms with van der Waals surface area (Å²) in [6, 6.07) is 0. The molecule has 0 aromatic carbocycles. The smallest absolute Gasteiger partial charge is 0.190 e. The van der Waals surface area contributed by atoms with Crippen molar-refractivity contribution in [1.29, 1.82) is 0 Å². The molecule has 0 bridgehead atoms. The maximum atomic E-state index is 10.2. The lowest BCUT2D eigenvalue weighted by molar-refractivity contribution is -0.227. The third-order valence-electron chi connectivity index (χ3n) is 2.96. The minimum Gasteiger partial charge on any atom is -0.385 e. The highest BCUT2D eigenvalue weighted by atomic mass is 16.8. The topological polar surface area (TPSA) is 47.9 Å². The van der Waals surface area contributed by atoms with Gasteiger partial charge in [-0.15, -0.1) is 0 Å². The Kier molecular flexibility index (Phi) is 2.16. The second kappa shape index (κ2) is 2.92. The quantitative estimate of drug-likeness (QED) is 0.689. The number of fused-ring (bicyclic) bond motifs is 1. The molecule has 4 atom stereocenters. The van der Waals surface area contributed by atoms with E-state index in [1.165, 1.54) is 0 Å². The Labute approximate surface area is 84.1 Å². The molecule has 0 radical (unpaired) electrons. The van der Waals surface area contributed by atoms with Crippen molar-refractivity contribution in [2.75, 3.05) is 0 Å². The van der Waals surface area contributed by atoms with Crippen molar-refractivity contribution < 1.29 is 19.3 Å². The van der Waals surface area contributed by atoms with E-state index in [9.17, 15) is 5.11 Å². The van der Waals surface area contributed by atoms with Crippen LogP contribution in [0.3, 0.4) is 0 Å². The second-order valence-corrected chi connectivity index (χ2v) is 4.68. The lowest BCUT2D eigenvalue weighted by Crippen LogP contribution is -2.45. The molecule has 0 aliphatic carbocycles. The van der Waals surface area contributed by atoms with Crippen molar-refractivity contribution in [2.24, 2.45) is 0 Å². The minimum atomic E-state index is -0.951. The molecule has 0 saturated carbocycles. The molecule has 0 unspecified atom stereocenters. The highest BCUT2D eigenvalue weighted by Gasteiger charge is 2.60. The molecule has 2 heterocycles. The van der Waals surface area contributed by atoms with E-state index in [1.54, 1.807) is 6.92 Å². The van der Waals surface area contributed by atoms with Crippen molar-refractivity contribution in [3.63, 3.8) is 0 Å². The summed E-state index contributed by atoms with van der Waals surface area (Å²) in [6.45, 7) is 7.37. The predicted molar refractivity (Wildman–Crippen MR) is 49.6 cm³/mol. The van der Waals surface area contributed by atoms with Crippen LogP contribution >= 0.6 is 0 Å². The summed E-state index contributed by atoms with van der Waals surface area (Å²) >= 11 is 0. The standard InChI is InChI=1S/C10H18O4/c1-5-6-10(4,11)7-8(12-6)14-9(2,3)13-7/h6-8,11H,5H2,1-4H3/t6-,7+,8-,10-/m1/s1. The summed E-state index contributed by atoms with van der Waals surface area (Å²) in [4.78, 5) is 0. The Balaban J connectivity index is 2.18. The average molecular weight is 202 g/mol. The number of aliphatic hydroxyl groups is 1. The van der Waals surface area contributed by atoms with Crippen LogP contribution in [-0.4, -0.2) is 35.0 Å². The largest absolute Gasteiger partial charge is 0.385 e. The first-order chi connectivity index (χ1) is 6.37. The van der Waals surface area contributed by atoms with Gasteiger partial charge >= 0.3 is 0 Å². The zero-order chi connectivity index (χ0) is 10.6. The highest BCUT2D eigenvalue weighted by molar-refractivity contribution is 5.01. The van der Waals surface area contributed by atoms with E-state index in [-0.39, 0.29) is 12.2 Å². The van der Waals surface area contributed by atoms with Crippen LogP contribution in [-0.2, 0) is 14.2 Å². The molecular weight excluding hydrogens is 184 g/mol.